The normalized spacial score (nSPS) is 22.3. The second kappa shape index (κ2) is 4.02. The summed E-state index contributed by atoms with van der Waals surface area (Å²) in [7, 11) is 1.32. The summed E-state index contributed by atoms with van der Waals surface area (Å²) in [6, 6.07) is 3.08. The van der Waals surface area contributed by atoms with Gasteiger partial charge in [-0.3, -0.25) is 4.79 Å². The second-order valence-electron chi connectivity index (χ2n) is 4.75. The van der Waals surface area contributed by atoms with Crippen LogP contribution >= 0.6 is 0 Å². The molecule has 0 aromatic heterocycles. The molecular formula is C13H15FO3. The van der Waals surface area contributed by atoms with Gasteiger partial charge in [0.25, 0.3) is 0 Å². The van der Waals surface area contributed by atoms with Gasteiger partial charge in [-0.1, -0.05) is 13.0 Å². The van der Waals surface area contributed by atoms with E-state index in [0.29, 0.717) is 12.0 Å². The number of aryl methyl sites for hydroxylation is 1. The number of carbonyl (C=O) groups is 1. The Labute approximate surface area is 99.2 Å². The van der Waals surface area contributed by atoms with Crippen molar-refractivity contribution in [2.75, 3.05) is 7.11 Å². The number of aromatic hydroxyl groups is 1. The van der Waals surface area contributed by atoms with Gasteiger partial charge in [-0.15, -0.1) is 0 Å². The minimum atomic E-state index is -0.605. The van der Waals surface area contributed by atoms with Gasteiger partial charge in [0.1, 0.15) is 0 Å². The van der Waals surface area contributed by atoms with Gasteiger partial charge in [-0.05, 0) is 24.5 Å². The molecule has 4 heteroatoms. The zero-order valence-corrected chi connectivity index (χ0v) is 9.92. The number of phenols is 1. The molecule has 1 aromatic carbocycles. The first-order valence-corrected chi connectivity index (χ1v) is 5.55. The highest BCUT2D eigenvalue weighted by atomic mass is 19.1. The van der Waals surface area contributed by atoms with E-state index < -0.39 is 11.2 Å². The Hall–Kier alpha value is -1.58. The van der Waals surface area contributed by atoms with E-state index in [9.17, 15) is 14.3 Å². The molecule has 0 fully saturated rings. The molecule has 17 heavy (non-hydrogen) atoms. The van der Waals surface area contributed by atoms with Gasteiger partial charge in [-0.2, -0.15) is 0 Å². The first kappa shape index (κ1) is 11.9. The van der Waals surface area contributed by atoms with Crippen LogP contribution in [0.4, 0.5) is 4.39 Å². The molecule has 0 amide bonds. The third-order valence-electron chi connectivity index (χ3n) is 3.52. The lowest BCUT2D eigenvalue weighted by Gasteiger charge is -2.24. The molecule has 0 heterocycles. The molecule has 0 radical (unpaired) electrons. The Morgan fingerprint density at radius 1 is 1.59 bits per heavy atom. The van der Waals surface area contributed by atoms with Crippen molar-refractivity contribution in [1.29, 1.82) is 0 Å². The van der Waals surface area contributed by atoms with E-state index in [4.69, 9.17) is 0 Å². The molecule has 2 rings (SSSR count). The summed E-state index contributed by atoms with van der Waals surface area (Å²) in [6.45, 7) is 1.83. The summed E-state index contributed by atoms with van der Waals surface area (Å²) in [4.78, 5) is 11.4. The second-order valence-corrected chi connectivity index (χ2v) is 4.75. The highest BCUT2D eigenvalue weighted by molar-refractivity contribution is 5.72. The van der Waals surface area contributed by atoms with E-state index in [0.717, 1.165) is 12.0 Å². The average Bonchev–Trinajstić information content (AvgIpc) is 2.62. The molecule has 1 atom stereocenters. The van der Waals surface area contributed by atoms with Gasteiger partial charge < -0.3 is 9.84 Å². The minimum absolute atomic E-state index is 0.136. The van der Waals surface area contributed by atoms with Crippen LogP contribution in [0.15, 0.2) is 12.1 Å². The fourth-order valence-corrected chi connectivity index (χ4v) is 2.57. The Morgan fingerprint density at radius 2 is 2.29 bits per heavy atom. The number of esters is 1. The predicted octanol–water partition coefficient (Wildman–Crippen LogP) is 2.30. The van der Waals surface area contributed by atoms with Gasteiger partial charge in [0.05, 0.1) is 13.5 Å². The van der Waals surface area contributed by atoms with Gasteiger partial charge in [0, 0.05) is 11.0 Å². The molecule has 3 nitrogen and oxygen atoms in total. The van der Waals surface area contributed by atoms with Crippen molar-refractivity contribution < 1.29 is 19.0 Å². The SMILES string of the molecule is COC(=O)C[C@]1(C)CCc2ccc(O)c(F)c21. The van der Waals surface area contributed by atoms with Crippen LogP contribution in [0.25, 0.3) is 0 Å². The van der Waals surface area contributed by atoms with E-state index in [1.165, 1.54) is 13.2 Å². The fraction of sp³-hybridized carbons (Fsp3) is 0.462. The Morgan fingerprint density at radius 3 is 2.94 bits per heavy atom. The van der Waals surface area contributed by atoms with Crippen molar-refractivity contribution in [2.24, 2.45) is 0 Å². The summed E-state index contributed by atoms with van der Waals surface area (Å²) < 4.78 is 18.6. The van der Waals surface area contributed by atoms with Crippen LogP contribution in [0, 0.1) is 5.82 Å². The highest BCUT2D eigenvalue weighted by Gasteiger charge is 2.39. The number of rotatable bonds is 2. The molecule has 1 N–H and O–H groups in total. The molecule has 0 bridgehead atoms. The van der Waals surface area contributed by atoms with E-state index in [1.54, 1.807) is 6.07 Å². The Bertz CT molecular complexity index is 470. The Kier molecular flexibility index (Phi) is 2.81. The molecule has 1 aliphatic carbocycles. The number of hydrogen-bond donors (Lipinski definition) is 1. The standard InChI is InChI=1S/C13H15FO3/c1-13(7-10(16)17-2)6-5-8-3-4-9(15)12(14)11(8)13/h3-4,15H,5-7H2,1-2H3/t13-/m0/s1. The lowest BCUT2D eigenvalue weighted by Crippen LogP contribution is -2.24. The molecule has 1 aromatic rings. The molecule has 92 valence electrons. The summed E-state index contributed by atoms with van der Waals surface area (Å²) in [5.41, 5.74) is 0.750. The lowest BCUT2D eigenvalue weighted by atomic mass is 9.80. The number of halogens is 1. The third kappa shape index (κ3) is 1.88. The van der Waals surface area contributed by atoms with Crippen LogP contribution in [0.3, 0.4) is 0 Å². The van der Waals surface area contributed by atoms with Crippen LogP contribution in [0.2, 0.25) is 0 Å². The lowest BCUT2D eigenvalue weighted by molar-refractivity contribution is -0.142. The summed E-state index contributed by atoms with van der Waals surface area (Å²) in [6.07, 6.45) is 1.55. The number of methoxy groups -OCH3 is 1. The van der Waals surface area contributed by atoms with Gasteiger partial charge in [-0.25, -0.2) is 4.39 Å². The van der Waals surface area contributed by atoms with Crippen LogP contribution in [-0.2, 0) is 21.4 Å². The summed E-state index contributed by atoms with van der Waals surface area (Å²) in [5, 5.41) is 9.42. The molecule has 0 saturated carbocycles. The molecular weight excluding hydrogens is 223 g/mol. The number of phenolic OH excluding ortho intramolecular Hbond substituents is 1. The van der Waals surface area contributed by atoms with Crippen molar-refractivity contribution in [3.8, 4) is 5.75 Å². The predicted molar refractivity (Wildman–Crippen MR) is 60.4 cm³/mol. The average molecular weight is 238 g/mol. The number of carbonyl (C=O) groups excluding carboxylic acids is 1. The molecule has 0 aliphatic heterocycles. The highest BCUT2D eigenvalue weighted by Crippen LogP contribution is 2.44. The van der Waals surface area contributed by atoms with Gasteiger partial charge in [0.15, 0.2) is 11.6 Å². The van der Waals surface area contributed by atoms with E-state index in [-0.39, 0.29) is 18.1 Å². The maximum Gasteiger partial charge on any atom is 0.306 e. The number of fused-ring (bicyclic) bond motifs is 1. The molecule has 1 aliphatic rings. The number of benzene rings is 1. The maximum absolute atomic E-state index is 14.0. The van der Waals surface area contributed by atoms with Crippen molar-refractivity contribution in [3.63, 3.8) is 0 Å². The maximum atomic E-state index is 14.0. The van der Waals surface area contributed by atoms with Crippen LogP contribution in [0.5, 0.6) is 5.75 Å². The first-order chi connectivity index (χ1) is 7.98. The minimum Gasteiger partial charge on any atom is -0.505 e. The largest absolute Gasteiger partial charge is 0.505 e. The first-order valence-electron chi connectivity index (χ1n) is 5.55. The van der Waals surface area contributed by atoms with Gasteiger partial charge in [0.2, 0.25) is 0 Å². The smallest absolute Gasteiger partial charge is 0.306 e. The molecule has 0 spiro atoms. The number of ether oxygens (including phenoxy) is 1. The van der Waals surface area contributed by atoms with E-state index in [2.05, 4.69) is 4.74 Å². The summed E-state index contributed by atoms with van der Waals surface area (Å²) in [5.74, 6) is -1.32. The van der Waals surface area contributed by atoms with Crippen molar-refractivity contribution in [2.45, 2.75) is 31.6 Å². The van der Waals surface area contributed by atoms with Crippen LogP contribution in [-0.4, -0.2) is 18.2 Å². The monoisotopic (exact) mass is 238 g/mol. The van der Waals surface area contributed by atoms with Gasteiger partial charge >= 0.3 is 5.97 Å². The van der Waals surface area contributed by atoms with Crippen molar-refractivity contribution >= 4 is 5.97 Å². The van der Waals surface area contributed by atoms with E-state index in [1.807, 2.05) is 6.92 Å². The topological polar surface area (TPSA) is 46.5 Å². The third-order valence-corrected chi connectivity index (χ3v) is 3.52. The quantitative estimate of drug-likeness (QED) is 0.804. The molecule has 0 unspecified atom stereocenters. The summed E-state index contributed by atoms with van der Waals surface area (Å²) >= 11 is 0. The van der Waals surface area contributed by atoms with E-state index >= 15 is 0 Å². The van der Waals surface area contributed by atoms with Crippen molar-refractivity contribution in [3.05, 3.63) is 29.1 Å². The van der Waals surface area contributed by atoms with Crippen LogP contribution < -0.4 is 0 Å². The zero-order valence-electron chi connectivity index (χ0n) is 9.92. The Balaban J connectivity index is 2.44. The van der Waals surface area contributed by atoms with Crippen molar-refractivity contribution in [1.82, 2.24) is 0 Å². The molecule has 0 saturated heterocycles. The number of hydrogen-bond acceptors (Lipinski definition) is 3. The van der Waals surface area contributed by atoms with Crippen LogP contribution in [0.1, 0.15) is 30.9 Å². The zero-order chi connectivity index (χ0) is 12.6. The fourth-order valence-electron chi connectivity index (χ4n) is 2.57.